The van der Waals surface area contributed by atoms with Gasteiger partial charge >= 0.3 is 0 Å². The van der Waals surface area contributed by atoms with Crippen molar-refractivity contribution in [3.8, 4) is 5.88 Å². The molecule has 0 unspecified atom stereocenters. The van der Waals surface area contributed by atoms with Crippen LogP contribution in [0.4, 0.5) is 5.69 Å². The first-order valence-corrected chi connectivity index (χ1v) is 8.63. The molecule has 2 aromatic heterocycles. The van der Waals surface area contributed by atoms with Crippen molar-refractivity contribution in [1.82, 2.24) is 14.5 Å². The van der Waals surface area contributed by atoms with Crippen molar-refractivity contribution < 1.29 is 19.7 Å². The third kappa shape index (κ3) is 4.02. The Morgan fingerprint density at radius 1 is 1.15 bits per heavy atom. The number of anilines is 1. The monoisotopic (exact) mass is 372 g/mol. The average Bonchev–Trinajstić information content (AvgIpc) is 3.08. The van der Waals surface area contributed by atoms with E-state index in [0.717, 1.165) is 11.3 Å². The molecule has 3 aromatic rings. The van der Waals surface area contributed by atoms with Gasteiger partial charge in [0.05, 0.1) is 38.7 Å². The maximum atomic E-state index is 9.51. The summed E-state index contributed by atoms with van der Waals surface area (Å²) in [4.78, 5) is 10.4. The minimum atomic E-state index is -0.435. The number of hydrogen-bond acceptors (Lipinski definition) is 7. The normalized spacial score (nSPS) is 11.3. The second-order valence-electron chi connectivity index (χ2n) is 6.16. The molecule has 27 heavy (non-hydrogen) atoms. The zero-order valence-electron chi connectivity index (χ0n) is 15.4. The predicted octanol–water partition coefficient (Wildman–Crippen LogP) is 1.40. The van der Waals surface area contributed by atoms with Crippen LogP contribution in [0.3, 0.4) is 0 Å². The van der Waals surface area contributed by atoms with E-state index in [4.69, 9.17) is 9.47 Å². The van der Waals surface area contributed by atoms with Crippen molar-refractivity contribution >= 4 is 16.7 Å². The van der Waals surface area contributed by atoms with E-state index >= 15 is 0 Å². The summed E-state index contributed by atoms with van der Waals surface area (Å²) >= 11 is 0. The lowest BCUT2D eigenvalue weighted by atomic mass is 10.2. The Labute approximate surface area is 157 Å². The fraction of sp³-hybridized carbons (Fsp3) is 0.368. The number of aliphatic hydroxyl groups excluding tert-OH is 2. The fourth-order valence-electron chi connectivity index (χ4n) is 2.93. The van der Waals surface area contributed by atoms with Crippen LogP contribution in [0.1, 0.15) is 5.56 Å². The minimum absolute atomic E-state index is 0.174. The summed E-state index contributed by atoms with van der Waals surface area (Å²) in [5, 5.41) is 19.0. The van der Waals surface area contributed by atoms with E-state index in [1.807, 2.05) is 41.1 Å². The lowest BCUT2D eigenvalue weighted by Gasteiger charge is -2.25. The summed E-state index contributed by atoms with van der Waals surface area (Å²) in [6.07, 6.45) is 3.30. The smallest absolute Gasteiger partial charge is 0.241 e. The van der Waals surface area contributed by atoms with Gasteiger partial charge in [-0.05, 0) is 5.56 Å². The zero-order chi connectivity index (χ0) is 19.2. The molecule has 8 heteroatoms. The van der Waals surface area contributed by atoms with Crippen molar-refractivity contribution in [2.45, 2.75) is 19.4 Å². The highest BCUT2D eigenvalue weighted by atomic mass is 16.5. The summed E-state index contributed by atoms with van der Waals surface area (Å²) in [5.41, 5.74) is 3.20. The molecule has 144 valence electrons. The van der Waals surface area contributed by atoms with Crippen LogP contribution in [0, 0.1) is 0 Å². The number of rotatable bonds is 9. The number of methoxy groups -OCH3 is 1. The van der Waals surface area contributed by atoms with Crippen LogP contribution in [-0.2, 0) is 18.1 Å². The van der Waals surface area contributed by atoms with Crippen molar-refractivity contribution in [3.63, 3.8) is 0 Å². The predicted molar refractivity (Wildman–Crippen MR) is 102 cm³/mol. The first kappa shape index (κ1) is 19.1. The summed E-state index contributed by atoms with van der Waals surface area (Å²) < 4.78 is 13.1. The largest absolute Gasteiger partial charge is 0.479 e. The third-order valence-electron chi connectivity index (χ3n) is 4.48. The molecule has 0 aliphatic carbocycles. The highest BCUT2D eigenvalue weighted by Gasteiger charge is 2.22. The van der Waals surface area contributed by atoms with Gasteiger partial charge in [-0.2, -0.15) is 4.98 Å². The summed E-state index contributed by atoms with van der Waals surface area (Å²) in [7, 11) is 3.35. The molecular weight excluding hydrogens is 348 g/mol. The Balaban J connectivity index is 1.91. The lowest BCUT2D eigenvalue weighted by molar-refractivity contribution is 0.0665. The molecule has 0 bridgehead atoms. The number of likely N-dealkylation sites (N-methyl/N-ethyl adjacent to an activating group) is 1. The van der Waals surface area contributed by atoms with Gasteiger partial charge in [0, 0.05) is 13.2 Å². The quantitative estimate of drug-likeness (QED) is 0.586. The van der Waals surface area contributed by atoms with E-state index in [1.165, 1.54) is 6.33 Å². The first-order chi connectivity index (χ1) is 13.2. The van der Waals surface area contributed by atoms with Crippen LogP contribution in [-0.4, -0.2) is 58.2 Å². The molecule has 0 amide bonds. The Bertz CT molecular complexity index is 865. The first-order valence-electron chi connectivity index (χ1n) is 8.63. The van der Waals surface area contributed by atoms with E-state index in [-0.39, 0.29) is 19.9 Å². The fourth-order valence-corrected chi connectivity index (χ4v) is 2.93. The number of ether oxygens (including phenoxy) is 2. The maximum absolute atomic E-state index is 9.51. The van der Waals surface area contributed by atoms with E-state index in [1.54, 1.807) is 19.1 Å². The second kappa shape index (κ2) is 8.81. The van der Waals surface area contributed by atoms with Gasteiger partial charge in [-0.25, -0.2) is 4.98 Å². The van der Waals surface area contributed by atoms with Crippen molar-refractivity contribution in [2.24, 2.45) is 0 Å². The number of aliphatic hydroxyl groups is 2. The molecular formula is C19H24N4O4. The molecule has 0 aliphatic rings. The minimum Gasteiger partial charge on any atom is -0.479 e. The molecule has 1 aromatic carbocycles. The molecule has 3 rings (SSSR count). The van der Waals surface area contributed by atoms with Gasteiger partial charge in [0.15, 0.2) is 0 Å². The standard InChI is InChI=1S/C19H24N4O4/c1-22(15(9-24)10-25)16-8-23(13-27-11-14-6-4-3-5-7-14)18-17(16)20-12-21-19(18)26-2/h3-8,12,15,24-25H,9-11,13H2,1-2H3. The van der Waals surface area contributed by atoms with Crippen LogP contribution >= 0.6 is 0 Å². The molecule has 2 N–H and O–H groups in total. The third-order valence-corrected chi connectivity index (χ3v) is 4.48. The molecule has 2 heterocycles. The Morgan fingerprint density at radius 2 is 1.89 bits per heavy atom. The van der Waals surface area contributed by atoms with Crippen molar-refractivity contribution in [3.05, 3.63) is 48.4 Å². The van der Waals surface area contributed by atoms with Gasteiger partial charge in [-0.15, -0.1) is 0 Å². The molecule has 0 radical (unpaired) electrons. The van der Waals surface area contributed by atoms with Crippen LogP contribution in [0.2, 0.25) is 0 Å². The number of aromatic nitrogens is 3. The average molecular weight is 372 g/mol. The van der Waals surface area contributed by atoms with E-state index in [2.05, 4.69) is 9.97 Å². The van der Waals surface area contributed by atoms with Crippen LogP contribution in [0.5, 0.6) is 5.88 Å². The zero-order valence-corrected chi connectivity index (χ0v) is 15.4. The number of benzene rings is 1. The van der Waals surface area contributed by atoms with E-state index in [9.17, 15) is 10.2 Å². The Hall–Kier alpha value is -2.68. The van der Waals surface area contributed by atoms with E-state index < -0.39 is 6.04 Å². The summed E-state index contributed by atoms with van der Waals surface area (Å²) in [6.45, 7) is 0.405. The molecule has 0 aliphatic heterocycles. The van der Waals surface area contributed by atoms with Gasteiger partial charge in [0.2, 0.25) is 5.88 Å². The Kier molecular flexibility index (Phi) is 6.23. The van der Waals surface area contributed by atoms with Gasteiger partial charge in [0.25, 0.3) is 0 Å². The molecule has 0 spiro atoms. The van der Waals surface area contributed by atoms with Crippen molar-refractivity contribution in [1.29, 1.82) is 0 Å². The summed E-state index contributed by atoms with van der Waals surface area (Å²) in [6, 6.07) is 9.48. The van der Waals surface area contributed by atoms with Crippen molar-refractivity contribution in [2.75, 3.05) is 32.3 Å². The van der Waals surface area contributed by atoms with Gasteiger partial charge in [0.1, 0.15) is 24.1 Å². The SMILES string of the molecule is COc1ncnc2c(N(C)C(CO)CO)cn(COCc3ccccc3)c12. The lowest BCUT2D eigenvalue weighted by Crippen LogP contribution is -2.37. The van der Waals surface area contributed by atoms with Gasteiger partial charge in [-0.1, -0.05) is 30.3 Å². The number of hydrogen-bond donors (Lipinski definition) is 2. The van der Waals surface area contributed by atoms with Crippen LogP contribution in [0.15, 0.2) is 42.9 Å². The maximum Gasteiger partial charge on any atom is 0.241 e. The summed E-state index contributed by atoms with van der Waals surface area (Å²) in [5.74, 6) is 0.438. The molecule has 0 fully saturated rings. The second-order valence-corrected chi connectivity index (χ2v) is 6.16. The Morgan fingerprint density at radius 3 is 2.56 bits per heavy atom. The molecule has 8 nitrogen and oxygen atoms in total. The van der Waals surface area contributed by atoms with Crippen LogP contribution in [0.25, 0.3) is 11.0 Å². The van der Waals surface area contributed by atoms with Gasteiger partial charge in [-0.3, -0.25) is 0 Å². The molecule has 0 saturated heterocycles. The highest BCUT2D eigenvalue weighted by Crippen LogP contribution is 2.32. The number of fused-ring (bicyclic) bond motifs is 1. The van der Waals surface area contributed by atoms with Gasteiger partial charge < -0.3 is 29.2 Å². The van der Waals surface area contributed by atoms with Crippen LogP contribution < -0.4 is 9.64 Å². The highest BCUT2D eigenvalue weighted by molar-refractivity contribution is 5.92. The molecule has 0 atom stereocenters. The molecule has 0 saturated carbocycles. The van der Waals surface area contributed by atoms with E-state index in [0.29, 0.717) is 23.5 Å². The number of nitrogens with zero attached hydrogens (tertiary/aromatic N) is 4. The topological polar surface area (TPSA) is 92.9 Å².